The molecule has 3 saturated carbocycles. The second-order valence-corrected chi connectivity index (χ2v) is 9.59. The first-order valence-electron chi connectivity index (χ1n) is 9.89. The average molecular weight is 319 g/mol. The Morgan fingerprint density at radius 3 is 2.57 bits per heavy atom. The van der Waals surface area contributed by atoms with Crippen LogP contribution in [0.1, 0.15) is 72.1 Å². The summed E-state index contributed by atoms with van der Waals surface area (Å²) in [4.78, 5) is 0. The zero-order chi connectivity index (χ0) is 16.5. The van der Waals surface area contributed by atoms with E-state index >= 15 is 0 Å². The van der Waals surface area contributed by atoms with Crippen molar-refractivity contribution >= 4 is 0 Å². The zero-order valence-electron chi connectivity index (χ0n) is 15.1. The van der Waals surface area contributed by atoms with Crippen LogP contribution >= 0.6 is 0 Å². The molecule has 0 heterocycles. The van der Waals surface area contributed by atoms with Crippen LogP contribution in [-0.4, -0.2) is 22.4 Å². The van der Waals surface area contributed by atoms with E-state index in [2.05, 4.69) is 26.8 Å². The molecule has 0 aromatic rings. The minimum absolute atomic E-state index is 0.0525. The molecule has 23 heavy (non-hydrogen) atoms. The number of rotatable bonds is 1. The third-order valence-electron chi connectivity index (χ3n) is 9.14. The van der Waals surface area contributed by atoms with E-state index in [9.17, 15) is 10.2 Å². The molecule has 0 radical (unpaired) electrons. The Morgan fingerprint density at radius 2 is 1.83 bits per heavy atom. The third-order valence-corrected chi connectivity index (χ3v) is 9.14. The second-order valence-electron chi connectivity index (χ2n) is 9.59. The maximum atomic E-state index is 11.0. The van der Waals surface area contributed by atoms with Gasteiger partial charge < -0.3 is 10.2 Å². The highest BCUT2D eigenvalue weighted by molar-refractivity contribution is 5.27. The Labute approximate surface area is 141 Å². The summed E-state index contributed by atoms with van der Waals surface area (Å²) >= 11 is 0. The summed E-state index contributed by atoms with van der Waals surface area (Å²) in [6.45, 7) is 7.14. The topological polar surface area (TPSA) is 40.5 Å². The molecule has 2 unspecified atom stereocenters. The lowest BCUT2D eigenvalue weighted by atomic mass is 9.44. The number of allylic oxidation sites excluding steroid dienone is 1. The van der Waals surface area contributed by atoms with Gasteiger partial charge >= 0.3 is 0 Å². The summed E-state index contributed by atoms with van der Waals surface area (Å²) in [6.07, 6.45) is 11.8. The molecule has 0 bridgehead atoms. The molecule has 0 aromatic carbocycles. The van der Waals surface area contributed by atoms with Gasteiger partial charge in [-0.3, -0.25) is 0 Å². The van der Waals surface area contributed by atoms with Crippen LogP contribution in [0.25, 0.3) is 0 Å². The molecule has 0 amide bonds. The van der Waals surface area contributed by atoms with Gasteiger partial charge in [-0.05, 0) is 87.4 Å². The maximum absolute atomic E-state index is 11.0. The molecule has 0 saturated heterocycles. The highest BCUT2D eigenvalue weighted by atomic mass is 16.3. The van der Waals surface area contributed by atoms with Crippen molar-refractivity contribution in [1.29, 1.82) is 0 Å². The summed E-state index contributed by atoms with van der Waals surface area (Å²) < 4.78 is 0. The average Bonchev–Trinajstić information content (AvgIpc) is 2.77. The summed E-state index contributed by atoms with van der Waals surface area (Å²) in [5.74, 6) is 2.59. The monoisotopic (exact) mass is 318 g/mol. The van der Waals surface area contributed by atoms with Crippen LogP contribution in [0.5, 0.6) is 0 Å². The van der Waals surface area contributed by atoms with Gasteiger partial charge in [0.25, 0.3) is 0 Å². The molecule has 0 aromatic heterocycles. The summed E-state index contributed by atoms with van der Waals surface area (Å²) in [5.41, 5.74) is 1.22. The first-order chi connectivity index (χ1) is 10.9. The van der Waals surface area contributed by atoms with E-state index in [-0.39, 0.29) is 10.8 Å². The van der Waals surface area contributed by atoms with Crippen molar-refractivity contribution in [2.24, 2.45) is 34.5 Å². The lowest BCUT2D eigenvalue weighted by molar-refractivity contribution is -0.134. The van der Waals surface area contributed by atoms with Crippen molar-refractivity contribution in [2.45, 2.75) is 77.7 Å². The van der Waals surface area contributed by atoms with Crippen molar-refractivity contribution in [3.63, 3.8) is 0 Å². The van der Waals surface area contributed by atoms with E-state index in [1.165, 1.54) is 38.5 Å². The molecule has 3 fully saturated rings. The quantitative estimate of drug-likeness (QED) is 0.707. The Morgan fingerprint density at radius 1 is 1.09 bits per heavy atom. The van der Waals surface area contributed by atoms with Gasteiger partial charge in [0.1, 0.15) is 0 Å². The Bertz CT molecular complexity index is 522. The molecule has 4 aliphatic carbocycles. The highest BCUT2D eigenvalue weighted by Gasteiger charge is 2.63. The molecule has 4 aliphatic rings. The molecule has 4 rings (SSSR count). The van der Waals surface area contributed by atoms with E-state index in [1.807, 2.05) is 0 Å². The van der Waals surface area contributed by atoms with Crippen LogP contribution in [0.4, 0.5) is 0 Å². The van der Waals surface area contributed by atoms with Crippen molar-refractivity contribution in [2.75, 3.05) is 6.61 Å². The van der Waals surface area contributed by atoms with Gasteiger partial charge in [-0.2, -0.15) is 0 Å². The molecule has 0 spiro atoms. The minimum Gasteiger partial charge on any atom is -0.395 e. The predicted octanol–water partition coefficient (Wildman–Crippen LogP) is 4.31. The lowest BCUT2D eigenvalue weighted by Gasteiger charge is -2.61. The molecule has 2 N–H and O–H groups in total. The number of hydrogen-bond donors (Lipinski definition) is 2. The predicted molar refractivity (Wildman–Crippen MR) is 92.9 cm³/mol. The second kappa shape index (κ2) is 5.08. The van der Waals surface area contributed by atoms with Gasteiger partial charge in [0, 0.05) is 5.41 Å². The fraction of sp³-hybridized carbons (Fsp3) is 0.905. The van der Waals surface area contributed by atoms with Crippen molar-refractivity contribution in [3.8, 4) is 0 Å². The van der Waals surface area contributed by atoms with Crippen LogP contribution in [0.3, 0.4) is 0 Å². The van der Waals surface area contributed by atoms with E-state index in [4.69, 9.17) is 0 Å². The van der Waals surface area contributed by atoms with Crippen LogP contribution in [0.15, 0.2) is 11.6 Å². The number of hydrogen-bond acceptors (Lipinski definition) is 2. The van der Waals surface area contributed by atoms with Gasteiger partial charge in [-0.25, -0.2) is 0 Å². The SMILES string of the molecule is CC1CCC=C2CC[C@@H]3[C@@H](CC[C@@]4(C)[C@H]3CCC4(C)O)[C@]21CO. The van der Waals surface area contributed by atoms with Crippen LogP contribution in [-0.2, 0) is 0 Å². The van der Waals surface area contributed by atoms with Gasteiger partial charge in [0.2, 0.25) is 0 Å². The summed E-state index contributed by atoms with van der Waals surface area (Å²) in [7, 11) is 0. The van der Waals surface area contributed by atoms with Gasteiger partial charge in [0.05, 0.1) is 12.2 Å². The van der Waals surface area contributed by atoms with Crippen LogP contribution in [0, 0.1) is 34.5 Å². The van der Waals surface area contributed by atoms with Gasteiger partial charge in [-0.1, -0.05) is 25.5 Å². The Balaban J connectivity index is 1.74. The summed E-state index contributed by atoms with van der Waals surface area (Å²) in [6, 6.07) is 0. The molecule has 2 heteroatoms. The lowest BCUT2D eigenvalue weighted by Crippen LogP contribution is -2.57. The highest BCUT2D eigenvalue weighted by Crippen LogP contribution is 2.68. The molecular formula is C21H34O2. The maximum Gasteiger partial charge on any atom is 0.0675 e. The smallest absolute Gasteiger partial charge is 0.0675 e. The molecule has 2 nitrogen and oxygen atoms in total. The third kappa shape index (κ3) is 1.88. The fourth-order valence-electron chi connectivity index (χ4n) is 7.48. The van der Waals surface area contributed by atoms with E-state index < -0.39 is 5.60 Å². The molecule has 130 valence electrons. The van der Waals surface area contributed by atoms with Crippen molar-refractivity contribution < 1.29 is 10.2 Å². The van der Waals surface area contributed by atoms with E-state index in [1.54, 1.807) is 5.57 Å². The summed E-state index contributed by atoms with van der Waals surface area (Å²) in [5, 5.41) is 21.5. The molecular weight excluding hydrogens is 284 g/mol. The Hall–Kier alpha value is -0.340. The van der Waals surface area contributed by atoms with E-state index in [0.29, 0.717) is 30.3 Å². The molecule has 0 aliphatic heterocycles. The van der Waals surface area contributed by atoms with Crippen LogP contribution < -0.4 is 0 Å². The zero-order valence-corrected chi connectivity index (χ0v) is 15.1. The normalized spacial score (nSPS) is 55.6. The van der Waals surface area contributed by atoms with Crippen molar-refractivity contribution in [1.82, 2.24) is 0 Å². The largest absolute Gasteiger partial charge is 0.395 e. The standard InChI is InChI=1S/C21H34O2/c1-14-5-4-6-15-7-8-16-17-10-12-20(3,23)19(17,2)11-9-18(16)21(14,15)13-22/h6,14,16-18,22-23H,4-5,7-13H2,1-3H3/t14?,16-,17-,18+,19-,20?,21-/m0/s1. The van der Waals surface area contributed by atoms with E-state index in [0.717, 1.165) is 12.8 Å². The van der Waals surface area contributed by atoms with Crippen molar-refractivity contribution in [3.05, 3.63) is 11.6 Å². The first-order valence-corrected chi connectivity index (χ1v) is 9.89. The fourth-order valence-corrected chi connectivity index (χ4v) is 7.48. The van der Waals surface area contributed by atoms with Gasteiger partial charge in [-0.15, -0.1) is 0 Å². The van der Waals surface area contributed by atoms with Gasteiger partial charge in [0.15, 0.2) is 0 Å². The number of aliphatic hydroxyl groups excluding tert-OH is 1. The minimum atomic E-state index is -0.497. The first kappa shape index (κ1) is 16.1. The Kier molecular flexibility index (Phi) is 3.57. The molecule has 7 atom stereocenters. The van der Waals surface area contributed by atoms with Crippen LogP contribution in [0.2, 0.25) is 0 Å². The number of aliphatic hydroxyl groups is 2. The number of fused-ring (bicyclic) bond motifs is 5.